The summed E-state index contributed by atoms with van der Waals surface area (Å²) in [7, 11) is 0. The zero-order chi connectivity index (χ0) is 25.7. The van der Waals surface area contributed by atoms with Gasteiger partial charge in [-0.2, -0.15) is 0 Å². The molecule has 5 heteroatoms. The van der Waals surface area contributed by atoms with Crippen molar-refractivity contribution in [3.05, 3.63) is 109 Å². The van der Waals surface area contributed by atoms with Crippen molar-refractivity contribution in [2.75, 3.05) is 26.4 Å². The van der Waals surface area contributed by atoms with Gasteiger partial charge >= 0.3 is 6.16 Å². The summed E-state index contributed by atoms with van der Waals surface area (Å²) in [6.45, 7) is 0.577. The summed E-state index contributed by atoms with van der Waals surface area (Å²) < 4.78 is 22.7. The van der Waals surface area contributed by atoms with E-state index in [0.29, 0.717) is 0 Å². The van der Waals surface area contributed by atoms with Crippen molar-refractivity contribution in [3.63, 3.8) is 0 Å². The molecule has 6 aromatic carbocycles. The SMILES string of the molecule is O=C(OCCOc1c2ccccc2cc2ccccc12)OCCOc1c2ccccc2cc2ccccc12. The first-order chi connectivity index (χ1) is 18.8. The molecule has 5 nitrogen and oxygen atoms in total. The molecule has 6 aromatic rings. The molecule has 0 saturated carbocycles. The lowest BCUT2D eigenvalue weighted by Gasteiger charge is -2.14. The Morgan fingerprint density at radius 2 is 0.763 bits per heavy atom. The van der Waals surface area contributed by atoms with Gasteiger partial charge in [0.1, 0.15) is 37.9 Å². The summed E-state index contributed by atoms with van der Waals surface area (Å²) in [4.78, 5) is 12.2. The quantitative estimate of drug-likeness (QED) is 0.120. The number of rotatable bonds is 8. The Morgan fingerprint density at radius 1 is 0.447 bits per heavy atom. The molecule has 0 aliphatic heterocycles. The van der Waals surface area contributed by atoms with Gasteiger partial charge in [0.25, 0.3) is 0 Å². The Labute approximate surface area is 220 Å². The van der Waals surface area contributed by atoms with Crippen LogP contribution in [-0.2, 0) is 9.47 Å². The fourth-order valence-corrected chi connectivity index (χ4v) is 4.83. The van der Waals surface area contributed by atoms with Gasteiger partial charge in [-0.15, -0.1) is 0 Å². The fraction of sp³-hybridized carbons (Fsp3) is 0.121. The van der Waals surface area contributed by atoms with E-state index in [9.17, 15) is 4.79 Å². The molecule has 0 fully saturated rings. The van der Waals surface area contributed by atoms with Gasteiger partial charge in [0, 0.05) is 21.5 Å². The lowest BCUT2D eigenvalue weighted by Crippen LogP contribution is -2.16. The first-order valence-electron chi connectivity index (χ1n) is 12.6. The molecule has 0 aliphatic carbocycles. The predicted molar refractivity (Wildman–Crippen MR) is 151 cm³/mol. The zero-order valence-electron chi connectivity index (χ0n) is 20.8. The van der Waals surface area contributed by atoms with E-state index in [1.54, 1.807) is 0 Å². The van der Waals surface area contributed by atoms with Crippen LogP contribution in [-0.4, -0.2) is 32.6 Å². The van der Waals surface area contributed by atoms with E-state index < -0.39 is 6.16 Å². The molecular formula is C33H26O5. The molecule has 38 heavy (non-hydrogen) atoms. The maximum Gasteiger partial charge on any atom is 0.508 e. The van der Waals surface area contributed by atoms with E-state index in [2.05, 4.69) is 36.4 Å². The maximum absolute atomic E-state index is 12.2. The van der Waals surface area contributed by atoms with Crippen LogP contribution in [0.5, 0.6) is 11.5 Å². The molecule has 0 spiro atoms. The molecule has 188 valence electrons. The second-order valence-electron chi connectivity index (χ2n) is 8.94. The van der Waals surface area contributed by atoms with Crippen LogP contribution in [0.3, 0.4) is 0 Å². The van der Waals surface area contributed by atoms with Gasteiger partial charge in [0.05, 0.1) is 0 Å². The summed E-state index contributed by atoms with van der Waals surface area (Å²) in [5.41, 5.74) is 0. The van der Waals surface area contributed by atoms with Crippen LogP contribution < -0.4 is 9.47 Å². The van der Waals surface area contributed by atoms with Gasteiger partial charge in [-0.3, -0.25) is 0 Å². The first-order valence-corrected chi connectivity index (χ1v) is 12.6. The minimum Gasteiger partial charge on any atom is -0.489 e. The number of carbonyl (C=O) groups is 1. The molecule has 0 amide bonds. The summed E-state index contributed by atoms with van der Waals surface area (Å²) in [5.74, 6) is 1.57. The maximum atomic E-state index is 12.2. The van der Waals surface area contributed by atoms with Crippen LogP contribution in [0.15, 0.2) is 109 Å². The number of benzene rings is 6. The summed E-state index contributed by atoms with van der Waals surface area (Å²) >= 11 is 0. The minimum atomic E-state index is -0.747. The van der Waals surface area contributed by atoms with Crippen LogP contribution in [0.1, 0.15) is 0 Å². The normalized spacial score (nSPS) is 11.2. The van der Waals surface area contributed by atoms with Crippen molar-refractivity contribution >= 4 is 49.2 Å². The standard InChI is InChI=1S/C33H26O5/c34-33(37-19-17-35-31-27-13-5-1-9-23(27)21-24-10-2-6-14-28(24)31)38-20-18-36-32-29-15-7-3-11-25(29)22-26-12-4-8-16-30(26)32/h1-16,21-22H,17-20H2. The highest BCUT2D eigenvalue weighted by Crippen LogP contribution is 2.36. The van der Waals surface area contributed by atoms with Gasteiger partial charge in [-0.25, -0.2) is 4.79 Å². The Bertz CT molecular complexity index is 1520. The molecule has 0 saturated heterocycles. The van der Waals surface area contributed by atoms with Crippen molar-refractivity contribution < 1.29 is 23.7 Å². The van der Waals surface area contributed by atoms with Crippen molar-refractivity contribution in [1.29, 1.82) is 0 Å². The van der Waals surface area contributed by atoms with E-state index >= 15 is 0 Å². The molecule has 0 aromatic heterocycles. The second-order valence-corrected chi connectivity index (χ2v) is 8.94. The topological polar surface area (TPSA) is 54.0 Å². The largest absolute Gasteiger partial charge is 0.508 e. The summed E-state index contributed by atoms with van der Waals surface area (Å²) in [6, 6.07) is 36.6. The number of ether oxygens (including phenoxy) is 4. The Morgan fingerprint density at radius 3 is 1.11 bits per heavy atom. The number of hydrogen-bond acceptors (Lipinski definition) is 5. The Kier molecular flexibility index (Phi) is 6.64. The summed E-state index contributed by atoms with van der Waals surface area (Å²) in [6.07, 6.45) is -0.747. The third kappa shape index (κ3) is 4.78. The Balaban J connectivity index is 1.03. The molecule has 0 atom stereocenters. The summed E-state index contributed by atoms with van der Waals surface area (Å²) in [5, 5.41) is 8.47. The van der Waals surface area contributed by atoms with Gasteiger partial charge in [0.15, 0.2) is 0 Å². The van der Waals surface area contributed by atoms with Crippen LogP contribution >= 0.6 is 0 Å². The molecule has 0 unspecified atom stereocenters. The van der Waals surface area contributed by atoms with Gasteiger partial charge in [0.2, 0.25) is 0 Å². The lowest BCUT2D eigenvalue weighted by atomic mass is 10.0. The third-order valence-corrected chi connectivity index (χ3v) is 6.54. The highest BCUT2D eigenvalue weighted by Gasteiger charge is 2.11. The average molecular weight is 503 g/mol. The smallest absolute Gasteiger partial charge is 0.489 e. The van der Waals surface area contributed by atoms with E-state index in [4.69, 9.17) is 18.9 Å². The van der Waals surface area contributed by atoms with Crippen molar-refractivity contribution in [3.8, 4) is 11.5 Å². The monoisotopic (exact) mass is 502 g/mol. The van der Waals surface area contributed by atoms with E-state index in [0.717, 1.165) is 54.6 Å². The molecule has 0 aliphatic rings. The lowest BCUT2D eigenvalue weighted by molar-refractivity contribution is 0.0388. The molecular weight excluding hydrogens is 476 g/mol. The van der Waals surface area contributed by atoms with E-state index in [1.165, 1.54) is 0 Å². The zero-order valence-corrected chi connectivity index (χ0v) is 20.8. The first kappa shape index (κ1) is 23.6. The van der Waals surface area contributed by atoms with Gasteiger partial charge < -0.3 is 18.9 Å². The highest BCUT2D eigenvalue weighted by molar-refractivity contribution is 6.06. The third-order valence-electron chi connectivity index (χ3n) is 6.54. The minimum absolute atomic E-state index is 0.0746. The molecule has 0 bridgehead atoms. The molecule has 0 radical (unpaired) electrons. The predicted octanol–water partition coefficient (Wildman–Crippen LogP) is 7.91. The molecule has 0 N–H and O–H groups in total. The van der Waals surface area contributed by atoms with Gasteiger partial charge in [-0.1, -0.05) is 97.1 Å². The van der Waals surface area contributed by atoms with E-state index in [1.807, 2.05) is 72.8 Å². The molecule has 0 heterocycles. The van der Waals surface area contributed by atoms with Crippen molar-refractivity contribution in [1.82, 2.24) is 0 Å². The number of carbonyl (C=O) groups excluding carboxylic acids is 1. The fourth-order valence-electron chi connectivity index (χ4n) is 4.83. The number of hydrogen-bond donors (Lipinski definition) is 0. The van der Waals surface area contributed by atoms with Crippen LogP contribution in [0, 0.1) is 0 Å². The molecule has 6 rings (SSSR count). The second kappa shape index (κ2) is 10.7. The average Bonchev–Trinajstić information content (AvgIpc) is 2.96. The number of fused-ring (bicyclic) bond motifs is 4. The van der Waals surface area contributed by atoms with Crippen LogP contribution in [0.4, 0.5) is 4.79 Å². The van der Waals surface area contributed by atoms with E-state index in [-0.39, 0.29) is 26.4 Å². The van der Waals surface area contributed by atoms with Gasteiger partial charge in [-0.05, 0) is 33.7 Å². The highest BCUT2D eigenvalue weighted by atomic mass is 16.7. The van der Waals surface area contributed by atoms with Crippen molar-refractivity contribution in [2.45, 2.75) is 0 Å². The van der Waals surface area contributed by atoms with Crippen LogP contribution in [0.2, 0.25) is 0 Å². The Hall–Kier alpha value is -4.77. The van der Waals surface area contributed by atoms with Crippen LogP contribution in [0.25, 0.3) is 43.1 Å². The van der Waals surface area contributed by atoms with Crippen molar-refractivity contribution in [2.24, 2.45) is 0 Å².